The number of halogens is 2. The Bertz CT molecular complexity index is 871. The number of allylic oxidation sites excluding steroid dienone is 2. The van der Waals surface area contributed by atoms with Crippen LogP contribution in [0.15, 0.2) is 90.8 Å². The van der Waals surface area contributed by atoms with Crippen LogP contribution in [-0.4, -0.2) is 0 Å². The highest BCUT2D eigenvalue weighted by molar-refractivity contribution is 6.30. The molecule has 0 amide bonds. The Morgan fingerprint density at radius 3 is 2.15 bits per heavy atom. The van der Waals surface area contributed by atoms with E-state index in [9.17, 15) is 4.39 Å². The van der Waals surface area contributed by atoms with Crippen LogP contribution in [0, 0.1) is 5.92 Å². The zero-order chi connectivity index (χ0) is 19.1. The molecule has 0 fully saturated rings. The average molecular weight is 381 g/mol. The van der Waals surface area contributed by atoms with Crippen molar-refractivity contribution in [2.24, 2.45) is 5.92 Å². The Balaban J connectivity index is 1.55. The molecule has 0 heterocycles. The molecule has 0 radical (unpaired) electrons. The summed E-state index contributed by atoms with van der Waals surface area (Å²) >= 11 is 5.89. The van der Waals surface area contributed by atoms with Gasteiger partial charge in [-0.15, -0.1) is 0 Å². The molecular weight excluding hydrogens is 359 g/mol. The van der Waals surface area contributed by atoms with Gasteiger partial charge in [-0.1, -0.05) is 61.0 Å². The van der Waals surface area contributed by atoms with Crippen LogP contribution in [0.4, 0.5) is 4.39 Å². The van der Waals surface area contributed by atoms with Crippen molar-refractivity contribution in [3.63, 3.8) is 0 Å². The molecule has 0 saturated heterocycles. The first kappa shape index (κ1) is 19.2. The smallest absolute Gasteiger partial charge is 0.127 e. The summed E-state index contributed by atoms with van der Waals surface area (Å²) in [6.45, 7) is 1.90. The quantitative estimate of drug-likeness (QED) is 0.414. The van der Waals surface area contributed by atoms with Crippen LogP contribution in [0.1, 0.15) is 18.1 Å². The highest BCUT2D eigenvalue weighted by Crippen LogP contribution is 2.23. The zero-order valence-corrected chi connectivity index (χ0v) is 16.0. The third-order valence-corrected chi connectivity index (χ3v) is 4.61. The summed E-state index contributed by atoms with van der Waals surface area (Å²) < 4.78 is 20.2. The minimum absolute atomic E-state index is 0.0884. The summed E-state index contributed by atoms with van der Waals surface area (Å²) in [5, 5.41) is 0.696. The van der Waals surface area contributed by atoms with E-state index in [0.29, 0.717) is 17.9 Å². The third kappa shape index (κ3) is 5.97. The predicted octanol–water partition coefficient (Wildman–Crippen LogP) is 7.41. The fraction of sp³-hybridized carbons (Fsp3) is 0.167. The van der Waals surface area contributed by atoms with E-state index in [-0.39, 0.29) is 11.7 Å². The topological polar surface area (TPSA) is 9.23 Å². The molecule has 0 aliphatic rings. The summed E-state index contributed by atoms with van der Waals surface area (Å²) in [6, 6.07) is 24.9. The van der Waals surface area contributed by atoms with Crippen molar-refractivity contribution in [3.8, 4) is 11.5 Å². The molecule has 1 atom stereocenters. The number of hydrogen-bond acceptors (Lipinski definition) is 1. The average Bonchev–Trinajstić information content (AvgIpc) is 2.69. The molecule has 0 N–H and O–H groups in total. The van der Waals surface area contributed by atoms with Crippen molar-refractivity contribution in [1.29, 1.82) is 0 Å². The van der Waals surface area contributed by atoms with Gasteiger partial charge in [0.25, 0.3) is 0 Å². The molecular formula is C24H22ClFO. The molecule has 0 spiro atoms. The van der Waals surface area contributed by atoms with E-state index in [0.717, 1.165) is 22.6 Å². The molecule has 0 aliphatic heterocycles. The van der Waals surface area contributed by atoms with E-state index in [4.69, 9.17) is 16.3 Å². The van der Waals surface area contributed by atoms with E-state index in [2.05, 4.69) is 0 Å². The second-order valence-electron chi connectivity index (χ2n) is 6.58. The molecule has 0 saturated carbocycles. The van der Waals surface area contributed by atoms with Gasteiger partial charge in [0.2, 0.25) is 0 Å². The fourth-order valence-electron chi connectivity index (χ4n) is 2.81. The largest absolute Gasteiger partial charge is 0.457 e. The third-order valence-electron chi connectivity index (χ3n) is 4.36. The molecule has 27 heavy (non-hydrogen) atoms. The SMILES string of the molecule is CC(Cc1ccc(Cl)cc1)/C(F)=C/Cc1ccc(Oc2ccccc2)cc1. The minimum atomic E-state index is -0.160. The number of ether oxygens (including phenoxy) is 1. The highest BCUT2D eigenvalue weighted by atomic mass is 35.5. The maximum absolute atomic E-state index is 14.4. The van der Waals surface area contributed by atoms with E-state index in [1.54, 1.807) is 6.08 Å². The Kier molecular flexibility index (Phi) is 6.67. The Hall–Kier alpha value is -2.58. The van der Waals surface area contributed by atoms with Crippen LogP contribution in [0.2, 0.25) is 5.02 Å². The van der Waals surface area contributed by atoms with Crippen molar-refractivity contribution in [1.82, 2.24) is 0 Å². The number of hydrogen-bond donors (Lipinski definition) is 0. The van der Waals surface area contributed by atoms with Gasteiger partial charge in [-0.05, 0) is 66.4 Å². The number of rotatable bonds is 7. The standard InChI is InChI=1S/C24H22ClFO/c1-18(17-20-7-12-21(25)13-8-20)24(26)16-11-19-9-14-23(15-10-19)27-22-5-3-2-4-6-22/h2-10,12-16,18H,11,17H2,1H3/b24-16-. The Morgan fingerprint density at radius 1 is 0.889 bits per heavy atom. The minimum Gasteiger partial charge on any atom is -0.457 e. The molecule has 138 valence electrons. The lowest BCUT2D eigenvalue weighted by molar-refractivity contribution is 0.482. The molecule has 1 unspecified atom stereocenters. The van der Waals surface area contributed by atoms with E-state index >= 15 is 0 Å². The van der Waals surface area contributed by atoms with E-state index in [1.807, 2.05) is 85.8 Å². The van der Waals surface area contributed by atoms with Crippen molar-refractivity contribution >= 4 is 11.6 Å². The van der Waals surface area contributed by atoms with Crippen molar-refractivity contribution < 1.29 is 9.13 Å². The molecule has 3 aromatic carbocycles. The van der Waals surface area contributed by atoms with Gasteiger partial charge >= 0.3 is 0 Å². The van der Waals surface area contributed by atoms with Crippen LogP contribution >= 0.6 is 11.6 Å². The van der Waals surface area contributed by atoms with Crippen molar-refractivity contribution in [2.75, 3.05) is 0 Å². The summed E-state index contributed by atoms with van der Waals surface area (Å²) in [5.41, 5.74) is 2.13. The molecule has 1 nitrogen and oxygen atoms in total. The summed E-state index contributed by atoms with van der Waals surface area (Å²) in [6.07, 6.45) is 2.87. The van der Waals surface area contributed by atoms with E-state index in [1.165, 1.54) is 0 Å². The normalized spacial score (nSPS) is 12.6. The second-order valence-corrected chi connectivity index (χ2v) is 7.02. The van der Waals surface area contributed by atoms with Crippen molar-refractivity contribution in [2.45, 2.75) is 19.8 Å². The zero-order valence-electron chi connectivity index (χ0n) is 15.2. The van der Waals surface area contributed by atoms with Crippen LogP contribution in [0.25, 0.3) is 0 Å². The first-order valence-corrected chi connectivity index (χ1v) is 9.40. The lowest BCUT2D eigenvalue weighted by atomic mass is 9.99. The second kappa shape index (κ2) is 9.38. The lowest BCUT2D eigenvalue weighted by Crippen LogP contribution is -2.01. The van der Waals surface area contributed by atoms with Gasteiger partial charge in [0.15, 0.2) is 0 Å². The van der Waals surface area contributed by atoms with Crippen LogP contribution in [0.5, 0.6) is 11.5 Å². The van der Waals surface area contributed by atoms with Gasteiger partial charge in [0.05, 0.1) is 5.83 Å². The van der Waals surface area contributed by atoms with Crippen LogP contribution in [-0.2, 0) is 12.8 Å². The van der Waals surface area contributed by atoms with E-state index < -0.39 is 0 Å². The Labute approximate surface area is 165 Å². The maximum atomic E-state index is 14.4. The lowest BCUT2D eigenvalue weighted by Gasteiger charge is -2.10. The fourth-order valence-corrected chi connectivity index (χ4v) is 2.93. The highest BCUT2D eigenvalue weighted by Gasteiger charge is 2.09. The number of benzene rings is 3. The molecule has 0 aliphatic carbocycles. The van der Waals surface area contributed by atoms with Gasteiger partial charge in [-0.25, -0.2) is 4.39 Å². The Morgan fingerprint density at radius 2 is 1.48 bits per heavy atom. The van der Waals surface area contributed by atoms with Crippen LogP contribution < -0.4 is 4.74 Å². The summed E-state index contributed by atoms with van der Waals surface area (Å²) in [5.74, 6) is 1.32. The predicted molar refractivity (Wildman–Crippen MR) is 110 cm³/mol. The summed E-state index contributed by atoms with van der Waals surface area (Å²) in [7, 11) is 0. The van der Waals surface area contributed by atoms with Gasteiger partial charge in [0.1, 0.15) is 11.5 Å². The van der Waals surface area contributed by atoms with Gasteiger partial charge in [-0.3, -0.25) is 0 Å². The first-order chi connectivity index (χ1) is 13.1. The monoisotopic (exact) mass is 380 g/mol. The maximum Gasteiger partial charge on any atom is 0.127 e. The molecule has 3 heteroatoms. The van der Waals surface area contributed by atoms with Gasteiger partial charge in [-0.2, -0.15) is 0 Å². The van der Waals surface area contributed by atoms with Gasteiger partial charge < -0.3 is 4.74 Å². The molecule has 3 rings (SSSR count). The molecule has 3 aromatic rings. The molecule has 0 bridgehead atoms. The summed E-state index contributed by atoms with van der Waals surface area (Å²) in [4.78, 5) is 0. The first-order valence-electron chi connectivity index (χ1n) is 9.02. The number of para-hydroxylation sites is 1. The molecule has 0 aromatic heterocycles. The van der Waals surface area contributed by atoms with Crippen LogP contribution in [0.3, 0.4) is 0 Å². The van der Waals surface area contributed by atoms with Crippen molar-refractivity contribution in [3.05, 3.63) is 107 Å². The van der Waals surface area contributed by atoms with Gasteiger partial charge in [0, 0.05) is 10.9 Å².